The first-order valence-electron chi connectivity index (χ1n) is 12.5. The van der Waals surface area contributed by atoms with Gasteiger partial charge in [-0.05, 0) is 43.2 Å². The first kappa shape index (κ1) is 35.0. The number of anilines is 1. The van der Waals surface area contributed by atoms with Crippen molar-refractivity contribution in [3.8, 4) is 0 Å². The number of hydrogen-bond acceptors (Lipinski definition) is 6. The predicted octanol–water partition coefficient (Wildman–Crippen LogP) is 4.34. The van der Waals surface area contributed by atoms with E-state index in [1.54, 1.807) is 23.1 Å². The molecule has 0 bridgehead atoms. The SMILES string of the molecule is O=C(O)CN(CC(=O)Nc1cc(C(F)(F)F)cc(C(F)(F)F)c1)C1CCCC[C@@H]1N(CC(=O)O)Cc1ccccn1.[Fe+2]. The second-order valence-corrected chi connectivity index (χ2v) is 9.68. The van der Waals surface area contributed by atoms with Gasteiger partial charge in [0.15, 0.2) is 0 Å². The Labute approximate surface area is 247 Å². The topological polar surface area (TPSA) is 123 Å². The van der Waals surface area contributed by atoms with E-state index in [9.17, 15) is 50.9 Å². The third-order valence-corrected chi connectivity index (χ3v) is 6.62. The molecule has 2 atom stereocenters. The standard InChI is InChI=1S/C26H28F6N4O5.Fe/c27-25(28,29)16-9-17(26(30,31)32)11-19(10-16)34-22(37)13-36(15-24(40)41)21-7-2-1-6-20(21)35(14-23(38)39)12-18-5-3-4-8-33-18;/h3-5,8-11,20-21H,1-2,6-7,12-15H2,(H,34,37)(H,38,39)(H,40,41);/q;+2/t20-,21?;/m0./s1. The van der Waals surface area contributed by atoms with Crippen LogP contribution in [0.5, 0.6) is 0 Å². The Kier molecular flexibility index (Phi) is 12.3. The summed E-state index contributed by atoms with van der Waals surface area (Å²) in [5.74, 6) is -3.50. The van der Waals surface area contributed by atoms with Crippen LogP contribution in [0.15, 0.2) is 42.6 Å². The maximum absolute atomic E-state index is 13.2. The molecule has 9 nitrogen and oxygen atoms in total. The second kappa shape index (κ2) is 14.8. The van der Waals surface area contributed by atoms with Gasteiger partial charge in [-0.3, -0.25) is 29.2 Å². The van der Waals surface area contributed by atoms with Crippen LogP contribution in [-0.4, -0.2) is 74.6 Å². The van der Waals surface area contributed by atoms with Gasteiger partial charge in [-0.15, -0.1) is 0 Å². The number of benzene rings is 1. The fourth-order valence-electron chi connectivity index (χ4n) is 4.98. The Hall–Kier alpha value is -3.20. The third-order valence-electron chi connectivity index (χ3n) is 6.62. The van der Waals surface area contributed by atoms with Gasteiger partial charge < -0.3 is 15.5 Å². The number of pyridine rings is 1. The Morgan fingerprint density at radius 1 is 0.833 bits per heavy atom. The number of aliphatic carboxylic acids is 2. The molecule has 0 radical (unpaired) electrons. The van der Waals surface area contributed by atoms with E-state index in [1.807, 2.05) is 5.32 Å². The first-order chi connectivity index (χ1) is 19.1. The molecule has 0 spiro atoms. The van der Waals surface area contributed by atoms with E-state index in [0.29, 0.717) is 43.5 Å². The van der Waals surface area contributed by atoms with Crippen LogP contribution in [0.25, 0.3) is 0 Å². The monoisotopic (exact) mass is 646 g/mol. The van der Waals surface area contributed by atoms with E-state index in [0.717, 1.165) is 0 Å². The molecular weight excluding hydrogens is 618 g/mol. The number of nitrogens with zero attached hydrogens (tertiary/aromatic N) is 3. The van der Waals surface area contributed by atoms with Gasteiger partial charge >= 0.3 is 41.4 Å². The van der Waals surface area contributed by atoms with Gasteiger partial charge in [0.05, 0.1) is 36.5 Å². The molecule has 1 fully saturated rings. The van der Waals surface area contributed by atoms with Gasteiger partial charge in [0.1, 0.15) is 0 Å². The number of hydrogen-bond donors (Lipinski definition) is 3. The van der Waals surface area contributed by atoms with Gasteiger partial charge in [0.2, 0.25) is 5.91 Å². The van der Waals surface area contributed by atoms with Gasteiger partial charge in [-0.2, -0.15) is 26.3 Å². The molecule has 1 aromatic carbocycles. The minimum Gasteiger partial charge on any atom is -0.480 e. The normalized spacial score (nSPS) is 17.5. The largest absolute Gasteiger partial charge is 2.00 e. The summed E-state index contributed by atoms with van der Waals surface area (Å²) in [4.78, 5) is 43.4. The summed E-state index contributed by atoms with van der Waals surface area (Å²) in [6.07, 6.45) is -6.54. The fraction of sp³-hybridized carbons (Fsp3) is 0.462. The Balaban J connectivity index is 0.00000616. The summed E-state index contributed by atoms with van der Waals surface area (Å²) in [6.45, 7) is -1.63. The number of carboxylic acid groups (broad SMARTS) is 2. The molecule has 1 aromatic heterocycles. The zero-order chi connectivity index (χ0) is 30.4. The maximum Gasteiger partial charge on any atom is 2.00 e. The molecule has 2 aromatic rings. The molecule has 1 saturated carbocycles. The van der Waals surface area contributed by atoms with Crippen molar-refractivity contribution in [1.82, 2.24) is 14.8 Å². The molecule has 42 heavy (non-hydrogen) atoms. The zero-order valence-corrected chi connectivity index (χ0v) is 23.0. The van der Waals surface area contributed by atoms with Crippen molar-refractivity contribution in [2.75, 3.05) is 25.0 Å². The first-order valence-corrected chi connectivity index (χ1v) is 12.5. The molecule has 1 aliphatic rings. The number of nitrogens with one attached hydrogen (secondary N) is 1. The van der Waals surface area contributed by atoms with Crippen molar-refractivity contribution in [2.45, 2.75) is 56.7 Å². The predicted molar refractivity (Wildman–Crippen MR) is 133 cm³/mol. The smallest absolute Gasteiger partial charge is 0.480 e. The van der Waals surface area contributed by atoms with Gasteiger partial charge in [0, 0.05) is 30.5 Å². The molecule has 230 valence electrons. The molecule has 1 amide bonds. The van der Waals surface area contributed by atoms with Gasteiger partial charge in [-0.1, -0.05) is 18.9 Å². The summed E-state index contributed by atoms with van der Waals surface area (Å²) in [5.41, 5.74) is -3.42. The summed E-state index contributed by atoms with van der Waals surface area (Å²) < 4.78 is 79.4. The van der Waals surface area contributed by atoms with E-state index >= 15 is 0 Å². The molecule has 16 heteroatoms. The number of halogens is 6. The van der Waals surface area contributed by atoms with E-state index in [1.165, 1.54) is 11.1 Å². The number of carbonyl (C=O) groups is 3. The van der Waals surface area contributed by atoms with Crippen molar-refractivity contribution in [1.29, 1.82) is 0 Å². The summed E-state index contributed by atoms with van der Waals surface area (Å²) >= 11 is 0. The van der Waals surface area contributed by atoms with Crippen molar-refractivity contribution >= 4 is 23.5 Å². The van der Waals surface area contributed by atoms with Crippen LogP contribution in [0, 0.1) is 0 Å². The maximum atomic E-state index is 13.2. The molecule has 1 heterocycles. The summed E-state index contributed by atoms with van der Waals surface area (Å²) in [6, 6.07) is 4.57. The molecule has 3 N–H and O–H groups in total. The van der Waals surface area contributed by atoms with Crippen LogP contribution < -0.4 is 5.32 Å². The number of amides is 1. The van der Waals surface area contributed by atoms with Crippen LogP contribution in [0.2, 0.25) is 0 Å². The molecule has 0 aliphatic heterocycles. The molecule has 0 saturated heterocycles. The van der Waals surface area contributed by atoms with E-state index < -0.39 is 78.7 Å². The fourth-order valence-corrected chi connectivity index (χ4v) is 4.98. The summed E-state index contributed by atoms with van der Waals surface area (Å²) in [5, 5.41) is 21.1. The van der Waals surface area contributed by atoms with Crippen LogP contribution in [0.1, 0.15) is 42.5 Å². The quantitative estimate of drug-likeness (QED) is 0.244. The van der Waals surface area contributed by atoms with Crippen molar-refractivity contribution < 1.29 is 68.0 Å². The van der Waals surface area contributed by atoms with Crippen LogP contribution >= 0.6 is 0 Å². The van der Waals surface area contributed by atoms with Gasteiger partial charge in [-0.25, -0.2) is 0 Å². The van der Waals surface area contributed by atoms with E-state index in [4.69, 9.17) is 0 Å². The average Bonchev–Trinajstić information content (AvgIpc) is 2.87. The third kappa shape index (κ3) is 10.3. The molecule has 1 aliphatic carbocycles. The zero-order valence-electron chi connectivity index (χ0n) is 21.9. The number of carbonyl (C=O) groups excluding carboxylic acids is 1. The molecule has 3 rings (SSSR count). The number of alkyl halides is 6. The van der Waals surface area contributed by atoms with Crippen LogP contribution in [-0.2, 0) is 50.3 Å². The molecule has 1 unspecified atom stereocenters. The van der Waals surface area contributed by atoms with Crippen molar-refractivity contribution in [3.63, 3.8) is 0 Å². The minimum atomic E-state index is -5.12. The number of rotatable bonds is 11. The second-order valence-electron chi connectivity index (χ2n) is 9.68. The average molecular weight is 646 g/mol. The number of aromatic nitrogens is 1. The van der Waals surface area contributed by atoms with Crippen LogP contribution in [0.4, 0.5) is 32.0 Å². The Bertz CT molecular complexity index is 1200. The van der Waals surface area contributed by atoms with E-state index in [2.05, 4.69) is 4.98 Å². The molecular formula is C26H28F6FeN4O5+2. The van der Waals surface area contributed by atoms with E-state index in [-0.39, 0.29) is 29.7 Å². The van der Waals surface area contributed by atoms with Crippen LogP contribution in [0.3, 0.4) is 0 Å². The van der Waals surface area contributed by atoms with Crippen molar-refractivity contribution in [3.05, 3.63) is 59.4 Å². The number of carboxylic acids is 2. The van der Waals surface area contributed by atoms with Crippen molar-refractivity contribution in [2.24, 2.45) is 0 Å². The Morgan fingerprint density at radius 2 is 1.36 bits per heavy atom. The summed E-state index contributed by atoms with van der Waals surface area (Å²) in [7, 11) is 0. The Morgan fingerprint density at radius 3 is 1.83 bits per heavy atom. The minimum absolute atomic E-state index is 0. The van der Waals surface area contributed by atoms with Gasteiger partial charge in [0.25, 0.3) is 0 Å².